The van der Waals surface area contributed by atoms with Gasteiger partial charge in [-0.15, -0.1) is 0 Å². The first-order chi connectivity index (χ1) is 15.7. The molecule has 0 radical (unpaired) electrons. The maximum atomic E-state index is 12.4. The molecule has 6 rings (SSSR count). The monoisotopic (exact) mass is 539 g/mol. The van der Waals surface area contributed by atoms with E-state index in [0.29, 0.717) is 11.5 Å². The Morgan fingerprint density at radius 3 is 2.41 bits per heavy atom. The number of rotatable bonds is 5. The number of benzene rings is 3. The molecule has 1 saturated heterocycles. The van der Waals surface area contributed by atoms with Crippen LogP contribution in [0.3, 0.4) is 0 Å². The van der Waals surface area contributed by atoms with Crippen LogP contribution in [0.5, 0.6) is 5.75 Å². The molecule has 0 saturated carbocycles. The summed E-state index contributed by atoms with van der Waals surface area (Å²) in [4.78, 5) is 24.9. The summed E-state index contributed by atoms with van der Waals surface area (Å²) in [5.41, 5.74) is 4.84. The molecule has 4 nitrogen and oxygen atoms in total. The second kappa shape index (κ2) is 8.01. The topological polar surface area (TPSA) is 55.4 Å². The first kappa shape index (κ1) is 19.9. The molecule has 3 heterocycles. The van der Waals surface area contributed by atoms with Crippen molar-refractivity contribution in [3.8, 4) is 5.75 Å². The second-order valence-electron chi connectivity index (χ2n) is 8.14. The number of ether oxygens (including phenoxy) is 1. The van der Waals surface area contributed by atoms with Gasteiger partial charge in [0, 0.05) is 0 Å². The van der Waals surface area contributed by atoms with Crippen LogP contribution >= 0.6 is 11.8 Å². The predicted octanol–water partition coefficient (Wildman–Crippen LogP) is 4.39. The fourth-order valence-corrected chi connectivity index (χ4v) is 17.2. The average molecular weight is 539 g/mol. The van der Waals surface area contributed by atoms with Crippen LogP contribution in [0.25, 0.3) is 9.41 Å². The average Bonchev–Trinajstić information content (AvgIpc) is 3.38. The Morgan fingerprint density at radius 2 is 1.69 bits per heavy atom. The summed E-state index contributed by atoms with van der Waals surface area (Å²) in [6.07, 6.45) is 3.22. The van der Waals surface area contributed by atoms with Crippen LogP contribution in [0.2, 0.25) is 0 Å². The Morgan fingerprint density at radius 1 is 0.875 bits per heavy atom. The van der Waals surface area contributed by atoms with E-state index < -0.39 is 21.4 Å². The van der Waals surface area contributed by atoms with Gasteiger partial charge in [-0.25, -0.2) is 0 Å². The number of imide groups is 1. The van der Waals surface area contributed by atoms with Crippen LogP contribution in [0, 0.1) is 0 Å². The van der Waals surface area contributed by atoms with Gasteiger partial charge >= 0.3 is 199 Å². The number of amides is 2. The van der Waals surface area contributed by atoms with Gasteiger partial charge in [0.2, 0.25) is 0 Å². The van der Waals surface area contributed by atoms with Crippen molar-refractivity contribution in [3.05, 3.63) is 103 Å². The third-order valence-corrected chi connectivity index (χ3v) is 17.4. The molecule has 0 atom stereocenters. The third-order valence-electron chi connectivity index (χ3n) is 6.17. The van der Waals surface area contributed by atoms with Crippen LogP contribution in [0.15, 0.2) is 81.0 Å². The number of allylic oxidation sites excluding steroid dienone is 1. The molecule has 0 aliphatic carbocycles. The van der Waals surface area contributed by atoms with Crippen molar-refractivity contribution < 1.29 is 14.3 Å². The van der Waals surface area contributed by atoms with Gasteiger partial charge in [0.1, 0.15) is 0 Å². The molecule has 0 unspecified atom stereocenters. The van der Waals surface area contributed by atoms with E-state index in [0.717, 1.165) is 29.5 Å². The molecule has 3 aliphatic heterocycles. The van der Waals surface area contributed by atoms with Crippen molar-refractivity contribution in [3.63, 3.8) is 0 Å². The molecule has 3 aromatic carbocycles. The normalized spacial score (nSPS) is 18.2. The van der Waals surface area contributed by atoms with E-state index in [1.807, 2.05) is 30.3 Å². The number of hydrogen-bond acceptors (Lipinski definition) is 4. The second-order valence-corrected chi connectivity index (χ2v) is 17.1. The number of nitrogens with one attached hydrogen (secondary N) is 1. The summed E-state index contributed by atoms with van der Waals surface area (Å²) >= 11 is -1.50. The summed E-state index contributed by atoms with van der Waals surface area (Å²) in [5, 5.41) is 2.18. The van der Waals surface area contributed by atoms with Gasteiger partial charge in [0.25, 0.3) is 0 Å². The molecule has 6 heteroatoms. The van der Waals surface area contributed by atoms with Crippen LogP contribution in [-0.4, -0.2) is 32.6 Å². The van der Waals surface area contributed by atoms with Crippen LogP contribution in [0.1, 0.15) is 22.3 Å². The molecule has 1 N–H and O–H groups in total. The zero-order valence-corrected chi connectivity index (χ0v) is 21.2. The Kier molecular flexibility index (Phi) is 5.00. The summed E-state index contributed by atoms with van der Waals surface area (Å²) in [7, 11) is 0. The van der Waals surface area contributed by atoms with Crippen molar-refractivity contribution in [1.82, 2.24) is 5.32 Å². The minimum absolute atomic E-state index is 0.230. The van der Waals surface area contributed by atoms with Gasteiger partial charge < -0.3 is 0 Å². The SMILES string of the molecule is O=C1NC(=O)/C(=[C]2\c3ccc[c]4c3C=[C](Cc3ccc(OCc5ccccc5)cc3)[In]24)S1. The van der Waals surface area contributed by atoms with E-state index in [1.165, 1.54) is 26.7 Å². The fourth-order valence-electron chi connectivity index (χ4n) is 4.77. The Balaban J connectivity index is 1.23. The molecule has 4 bridgehead atoms. The van der Waals surface area contributed by atoms with Crippen molar-refractivity contribution in [2.45, 2.75) is 13.0 Å². The standard InChI is InChI=1S/C26H18NO3S.In/c28-25-24(31-26(29)27-25)17-22-11-5-4-10-21(22)12-6-9-19-13-15-23(16-14-19)30-18-20-7-2-1-3-8-20;/h1-5,7-8,11-16H,9,18H2,(H,27,28,29);. The zero-order valence-electron chi connectivity index (χ0n) is 17.1. The molecule has 1 fully saturated rings. The molecule has 3 aromatic rings. The molecule has 0 aromatic heterocycles. The summed E-state index contributed by atoms with van der Waals surface area (Å²) < 4.78 is 10.0. The number of hydrogen-bond donors (Lipinski definition) is 1. The van der Waals surface area contributed by atoms with Crippen molar-refractivity contribution in [2.75, 3.05) is 0 Å². The predicted molar refractivity (Wildman–Crippen MR) is 129 cm³/mol. The van der Waals surface area contributed by atoms with Gasteiger partial charge in [-0.05, 0) is 0 Å². The minimum atomic E-state index is -2.57. The molecule has 0 spiro atoms. The number of carbonyl (C=O) groups excluding carboxylic acids is 2. The van der Waals surface area contributed by atoms with Crippen LogP contribution in [-0.2, 0) is 17.8 Å². The molecule has 3 aliphatic rings. The zero-order chi connectivity index (χ0) is 21.7. The first-order valence-electron chi connectivity index (χ1n) is 10.5. The first-order valence-corrected chi connectivity index (χ1v) is 16.3. The summed E-state index contributed by atoms with van der Waals surface area (Å²) in [5.74, 6) is 0.627. The molecule has 2 amide bonds. The van der Waals surface area contributed by atoms with Gasteiger partial charge in [-0.1, -0.05) is 0 Å². The van der Waals surface area contributed by atoms with Crippen molar-refractivity contribution in [1.29, 1.82) is 0 Å². The number of carbonyl (C=O) groups is 2. The summed E-state index contributed by atoms with van der Waals surface area (Å²) in [6, 6.07) is 24.9. The molecule has 154 valence electrons. The number of thioether (sulfide) groups is 1. The van der Waals surface area contributed by atoms with Crippen LogP contribution < -0.4 is 13.4 Å². The van der Waals surface area contributed by atoms with Crippen molar-refractivity contribution in [2.24, 2.45) is 0 Å². The Hall–Kier alpha value is -2.70. The van der Waals surface area contributed by atoms with E-state index in [1.54, 1.807) is 0 Å². The van der Waals surface area contributed by atoms with Gasteiger partial charge in [0.15, 0.2) is 0 Å². The molecular formula is C26H18InNO3S. The van der Waals surface area contributed by atoms with E-state index in [4.69, 9.17) is 4.74 Å². The van der Waals surface area contributed by atoms with E-state index >= 15 is 0 Å². The third kappa shape index (κ3) is 3.42. The quantitative estimate of drug-likeness (QED) is 0.489. The van der Waals surface area contributed by atoms with E-state index in [2.05, 4.69) is 53.9 Å². The van der Waals surface area contributed by atoms with Crippen molar-refractivity contribution >= 4 is 57.1 Å². The van der Waals surface area contributed by atoms with E-state index in [-0.39, 0.29) is 11.1 Å². The fraction of sp³-hybridized carbons (Fsp3) is 0.0769. The maximum absolute atomic E-state index is 12.4. The molecular weight excluding hydrogens is 521 g/mol. The van der Waals surface area contributed by atoms with Gasteiger partial charge in [-0.2, -0.15) is 0 Å². The Labute approximate surface area is 197 Å². The Bertz CT molecular complexity index is 1330. The van der Waals surface area contributed by atoms with Gasteiger partial charge in [-0.3, -0.25) is 0 Å². The van der Waals surface area contributed by atoms with E-state index in [9.17, 15) is 9.59 Å². The summed E-state index contributed by atoms with van der Waals surface area (Å²) in [6.45, 7) is 0.553. The van der Waals surface area contributed by atoms with Crippen LogP contribution in [0.4, 0.5) is 4.79 Å². The molecule has 32 heavy (non-hydrogen) atoms. The van der Waals surface area contributed by atoms with Gasteiger partial charge in [0.05, 0.1) is 0 Å².